The Morgan fingerprint density at radius 3 is 3.06 bits per heavy atom. The fourth-order valence-electron chi connectivity index (χ4n) is 1.05. The van der Waals surface area contributed by atoms with Crippen molar-refractivity contribution in [3.05, 3.63) is 47.0 Å². The maximum Gasteiger partial charge on any atom is 0.244 e. The number of rotatable bonds is 2. The lowest BCUT2D eigenvalue weighted by Crippen LogP contribution is -2.20. The average Bonchev–Trinajstić information content (AvgIpc) is 2.25. The van der Waals surface area contributed by atoms with Crippen molar-refractivity contribution >= 4 is 17.5 Å². The maximum atomic E-state index is 11.0. The number of amides is 1. The van der Waals surface area contributed by atoms with Crippen LogP contribution in [0.15, 0.2) is 36.4 Å². The van der Waals surface area contributed by atoms with Gasteiger partial charge in [0, 0.05) is 10.6 Å². The first-order chi connectivity index (χ1) is 7.72. The number of carbonyl (C=O) groups is 1. The van der Waals surface area contributed by atoms with Gasteiger partial charge in [-0.15, -0.1) is 0 Å². The molecule has 1 aromatic rings. The zero-order valence-corrected chi connectivity index (χ0v) is 9.71. The van der Waals surface area contributed by atoms with Gasteiger partial charge in [0.05, 0.1) is 6.54 Å². The van der Waals surface area contributed by atoms with E-state index in [-0.39, 0.29) is 5.91 Å². The van der Waals surface area contributed by atoms with E-state index in [0.717, 1.165) is 5.56 Å². The van der Waals surface area contributed by atoms with Gasteiger partial charge >= 0.3 is 0 Å². The van der Waals surface area contributed by atoms with Crippen LogP contribution in [0.2, 0.25) is 5.02 Å². The second-order valence-electron chi connectivity index (χ2n) is 3.03. The molecule has 16 heavy (non-hydrogen) atoms. The van der Waals surface area contributed by atoms with E-state index >= 15 is 0 Å². The molecule has 0 aliphatic carbocycles. The molecular formula is C13H12ClNO. The SMILES string of the molecule is C/C=C/C(=O)NCC#Cc1cccc(Cl)c1. The van der Waals surface area contributed by atoms with E-state index in [2.05, 4.69) is 17.2 Å². The van der Waals surface area contributed by atoms with Crippen LogP contribution in [-0.2, 0) is 4.79 Å². The van der Waals surface area contributed by atoms with E-state index in [1.54, 1.807) is 25.1 Å². The molecule has 1 N–H and O–H groups in total. The minimum absolute atomic E-state index is 0.136. The number of carbonyl (C=O) groups excluding carboxylic acids is 1. The predicted molar refractivity (Wildman–Crippen MR) is 66.2 cm³/mol. The molecule has 2 nitrogen and oxygen atoms in total. The van der Waals surface area contributed by atoms with Crippen molar-refractivity contribution in [2.75, 3.05) is 6.54 Å². The molecule has 0 unspecified atom stereocenters. The largest absolute Gasteiger partial charge is 0.342 e. The van der Waals surface area contributed by atoms with Gasteiger partial charge in [-0.2, -0.15) is 0 Å². The molecule has 0 aliphatic heterocycles. The molecule has 0 aromatic heterocycles. The quantitative estimate of drug-likeness (QED) is 0.617. The van der Waals surface area contributed by atoms with Crippen molar-refractivity contribution in [1.29, 1.82) is 0 Å². The van der Waals surface area contributed by atoms with Gasteiger partial charge in [-0.3, -0.25) is 4.79 Å². The van der Waals surface area contributed by atoms with E-state index in [4.69, 9.17) is 11.6 Å². The average molecular weight is 234 g/mol. The van der Waals surface area contributed by atoms with Gasteiger partial charge in [0.25, 0.3) is 0 Å². The standard InChI is InChI=1S/C13H12ClNO/c1-2-5-13(16)15-9-4-7-11-6-3-8-12(14)10-11/h2-3,5-6,8,10H,9H2,1H3,(H,15,16)/b5-2+. The molecule has 0 aliphatic rings. The van der Waals surface area contributed by atoms with E-state index in [0.29, 0.717) is 11.6 Å². The van der Waals surface area contributed by atoms with Crippen molar-refractivity contribution in [2.24, 2.45) is 0 Å². The zero-order chi connectivity index (χ0) is 11.8. The molecule has 82 valence electrons. The molecule has 0 fully saturated rings. The molecule has 1 amide bonds. The van der Waals surface area contributed by atoms with E-state index < -0.39 is 0 Å². The van der Waals surface area contributed by atoms with Crippen molar-refractivity contribution in [3.8, 4) is 11.8 Å². The third kappa shape index (κ3) is 4.68. The van der Waals surface area contributed by atoms with Crippen LogP contribution in [-0.4, -0.2) is 12.5 Å². The summed E-state index contributed by atoms with van der Waals surface area (Å²) >= 11 is 5.80. The first-order valence-electron chi connectivity index (χ1n) is 4.87. The number of benzene rings is 1. The Bertz CT molecular complexity index is 454. The van der Waals surface area contributed by atoms with Crippen LogP contribution in [0.4, 0.5) is 0 Å². The number of nitrogens with one attached hydrogen (secondary N) is 1. The highest BCUT2D eigenvalue weighted by Crippen LogP contribution is 2.08. The van der Waals surface area contributed by atoms with Crippen LogP contribution in [0.25, 0.3) is 0 Å². The Hall–Kier alpha value is -1.72. The van der Waals surface area contributed by atoms with Gasteiger partial charge in [-0.1, -0.05) is 35.6 Å². The molecule has 0 atom stereocenters. The molecule has 0 bridgehead atoms. The summed E-state index contributed by atoms with van der Waals surface area (Å²) in [5.41, 5.74) is 0.841. The zero-order valence-electron chi connectivity index (χ0n) is 8.96. The van der Waals surface area contributed by atoms with Gasteiger partial charge in [0.2, 0.25) is 5.91 Å². The second-order valence-corrected chi connectivity index (χ2v) is 3.47. The Balaban J connectivity index is 2.47. The third-order valence-corrected chi connectivity index (χ3v) is 1.96. The minimum atomic E-state index is -0.136. The number of hydrogen-bond acceptors (Lipinski definition) is 1. The highest BCUT2D eigenvalue weighted by atomic mass is 35.5. The maximum absolute atomic E-state index is 11.0. The monoisotopic (exact) mass is 233 g/mol. The van der Waals surface area contributed by atoms with E-state index in [1.165, 1.54) is 6.08 Å². The summed E-state index contributed by atoms with van der Waals surface area (Å²) in [4.78, 5) is 11.0. The van der Waals surface area contributed by atoms with Gasteiger partial charge in [-0.25, -0.2) is 0 Å². The summed E-state index contributed by atoms with van der Waals surface area (Å²) in [6.07, 6.45) is 3.14. The minimum Gasteiger partial charge on any atom is -0.342 e. The van der Waals surface area contributed by atoms with Gasteiger partial charge in [-0.05, 0) is 31.2 Å². The third-order valence-electron chi connectivity index (χ3n) is 1.73. The van der Waals surface area contributed by atoms with Crippen LogP contribution in [0, 0.1) is 11.8 Å². The molecule has 0 saturated heterocycles. The van der Waals surface area contributed by atoms with Crippen molar-refractivity contribution in [2.45, 2.75) is 6.92 Å². The molecule has 0 saturated carbocycles. The molecule has 0 radical (unpaired) electrons. The van der Waals surface area contributed by atoms with Crippen LogP contribution < -0.4 is 5.32 Å². The Morgan fingerprint density at radius 1 is 1.56 bits per heavy atom. The van der Waals surface area contributed by atoms with Crippen LogP contribution >= 0.6 is 11.6 Å². The number of hydrogen-bond donors (Lipinski definition) is 1. The summed E-state index contributed by atoms with van der Waals surface area (Å²) in [5, 5.41) is 3.29. The first-order valence-corrected chi connectivity index (χ1v) is 5.25. The van der Waals surface area contributed by atoms with Crippen LogP contribution in [0.5, 0.6) is 0 Å². The highest BCUT2D eigenvalue weighted by molar-refractivity contribution is 6.30. The lowest BCUT2D eigenvalue weighted by Gasteiger charge is -1.93. The van der Waals surface area contributed by atoms with Crippen LogP contribution in [0.1, 0.15) is 12.5 Å². The Kier molecular flexibility index (Phi) is 5.18. The summed E-state index contributed by atoms with van der Waals surface area (Å²) in [5.74, 6) is 5.62. The normalized spacial score (nSPS) is 9.62. The molecule has 1 aromatic carbocycles. The molecule has 0 heterocycles. The van der Waals surface area contributed by atoms with Gasteiger partial charge in [0.1, 0.15) is 0 Å². The lowest BCUT2D eigenvalue weighted by molar-refractivity contribution is -0.116. The second kappa shape index (κ2) is 6.71. The van der Waals surface area contributed by atoms with Crippen LogP contribution in [0.3, 0.4) is 0 Å². The van der Waals surface area contributed by atoms with Crippen molar-refractivity contribution in [3.63, 3.8) is 0 Å². The summed E-state index contributed by atoms with van der Waals surface area (Å²) in [6, 6.07) is 7.28. The Morgan fingerprint density at radius 2 is 2.38 bits per heavy atom. The summed E-state index contributed by atoms with van der Waals surface area (Å²) in [7, 11) is 0. The molecule has 0 spiro atoms. The van der Waals surface area contributed by atoms with Gasteiger partial charge in [0.15, 0.2) is 0 Å². The summed E-state index contributed by atoms with van der Waals surface area (Å²) in [6.45, 7) is 2.12. The molecule has 3 heteroatoms. The molecule has 1 rings (SSSR count). The van der Waals surface area contributed by atoms with Gasteiger partial charge < -0.3 is 5.32 Å². The Labute approximate surface area is 100 Å². The number of allylic oxidation sites excluding steroid dienone is 1. The fraction of sp³-hybridized carbons (Fsp3) is 0.154. The van der Waals surface area contributed by atoms with E-state index in [9.17, 15) is 4.79 Å². The summed E-state index contributed by atoms with van der Waals surface area (Å²) < 4.78 is 0. The van der Waals surface area contributed by atoms with Crippen molar-refractivity contribution < 1.29 is 4.79 Å². The molecular weight excluding hydrogens is 222 g/mol. The fourth-order valence-corrected chi connectivity index (χ4v) is 1.24. The number of halogens is 1. The topological polar surface area (TPSA) is 29.1 Å². The lowest BCUT2D eigenvalue weighted by atomic mass is 10.2. The first kappa shape index (κ1) is 12.4. The predicted octanol–water partition coefficient (Wildman–Crippen LogP) is 2.38. The van der Waals surface area contributed by atoms with E-state index in [1.807, 2.05) is 12.1 Å². The highest BCUT2D eigenvalue weighted by Gasteiger charge is 1.90. The smallest absolute Gasteiger partial charge is 0.244 e. The van der Waals surface area contributed by atoms with Crippen molar-refractivity contribution in [1.82, 2.24) is 5.32 Å².